The lowest BCUT2D eigenvalue weighted by Crippen LogP contribution is -2.33. The van der Waals surface area contributed by atoms with Crippen molar-refractivity contribution >= 4 is 11.7 Å². The summed E-state index contributed by atoms with van der Waals surface area (Å²) in [6.07, 6.45) is 3.17. The van der Waals surface area contributed by atoms with Gasteiger partial charge in [0, 0.05) is 38.8 Å². The van der Waals surface area contributed by atoms with E-state index in [2.05, 4.69) is 15.3 Å². The number of amides is 1. The number of pyridine rings is 2. The van der Waals surface area contributed by atoms with Crippen molar-refractivity contribution < 1.29 is 18.3 Å². The lowest BCUT2D eigenvalue weighted by Gasteiger charge is -2.22. The fourth-order valence-electron chi connectivity index (χ4n) is 3.92. The molecule has 0 radical (unpaired) electrons. The van der Waals surface area contributed by atoms with Crippen LogP contribution in [0.1, 0.15) is 34.1 Å². The number of hydrogen-bond acceptors (Lipinski definition) is 6. The lowest BCUT2D eigenvalue weighted by molar-refractivity contribution is 0.0751. The molecule has 1 aliphatic rings. The SMILES string of the molecule is CNCC[C@H](Oc1cnc(CN2CCN(C)c3ncccc3C2=O)c(F)c1)c1cccc(F)c1. The second kappa shape index (κ2) is 10.6. The Bertz CT molecular complexity index is 1160. The van der Waals surface area contributed by atoms with Crippen LogP contribution in [0.25, 0.3) is 0 Å². The normalized spacial score (nSPS) is 14.5. The van der Waals surface area contributed by atoms with Crippen LogP contribution in [0, 0.1) is 11.6 Å². The van der Waals surface area contributed by atoms with Gasteiger partial charge in [0.15, 0.2) is 0 Å². The number of likely N-dealkylation sites (N-methyl/N-ethyl adjacent to an activating group) is 1. The van der Waals surface area contributed by atoms with E-state index in [4.69, 9.17) is 4.74 Å². The zero-order valence-corrected chi connectivity index (χ0v) is 19.2. The fraction of sp³-hybridized carbons (Fsp3) is 0.320. The van der Waals surface area contributed by atoms with E-state index in [9.17, 15) is 13.6 Å². The van der Waals surface area contributed by atoms with E-state index in [0.717, 1.165) is 0 Å². The van der Waals surface area contributed by atoms with Gasteiger partial charge in [0.1, 0.15) is 29.3 Å². The largest absolute Gasteiger partial charge is 0.484 e. The van der Waals surface area contributed by atoms with Gasteiger partial charge < -0.3 is 19.9 Å². The summed E-state index contributed by atoms with van der Waals surface area (Å²) in [6.45, 7) is 1.65. The molecule has 4 rings (SSSR count). The minimum atomic E-state index is -0.569. The van der Waals surface area contributed by atoms with Crippen LogP contribution in [0.4, 0.5) is 14.6 Å². The molecule has 1 aromatic carbocycles. The van der Waals surface area contributed by atoms with E-state index in [1.165, 1.54) is 24.4 Å². The number of benzene rings is 1. The van der Waals surface area contributed by atoms with Crippen molar-refractivity contribution in [2.45, 2.75) is 19.1 Å². The molecule has 1 N–H and O–H groups in total. The topological polar surface area (TPSA) is 70.6 Å². The van der Waals surface area contributed by atoms with Crippen LogP contribution in [-0.4, -0.2) is 54.5 Å². The number of anilines is 1. The number of rotatable bonds is 8. The number of hydrogen-bond donors (Lipinski definition) is 1. The molecule has 0 spiro atoms. The number of fused-ring (bicyclic) bond motifs is 1. The van der Waals surface area contributed by atoms with Crippen LogP contribution < -0.4 is 15.0 Å². The standard InChI is InChI=1S/C25H27F2N5O2/c1-28-10-8-23(17-5-3-6-18(26)13-17)34-19-14-21(27)22(30-15-19)16-32-12-11-31(2)24-20(25(32)33)7-4-9-29-24/h3-7,9,13-15,23,28H,8,10-12,16H2,1-2H3/t23-/m0/s1. The number of halogens is 2. The Labute approximate surface area is 197 Å². The van der Waals surface area contributed by atoms with Crippen molar-refractivity contribution in [2.75, 3.05) is 38.6 Å². The Morgan fingerprint density at radius 2 is 2.00 bits per heavy atom. The molecule has 3 heterocycles. The summed E-state index contributed by atoms with van der Waals surface area (Å²) in [6, 6.07) is 10.9. The summed E-state index contributed by atoms with van der Waals surface area (Å²) in [7, 11) is 3.69. The van der Waals surface area contributed by atoms with Gasteiger partial charge in [0.25, 0.3) is 5.91 Å². The zero-order valence-electron chi connectivity index (χ0n) is 19.2. The summed E-state index contributed by atoms with van der Waals surface area (Å²) in [5.41, 5.74) is 1.28. The highest BCUT2D eigenvalue weighted by atomic mass is 19.1. The second-order valence-corrected chi connectivity index (χ2v) is 8.18. The first-order chi connectivity index (χ1) is 16.5. The summed E-state index contributed by atoms with van der Waals surface area (Å²) >= 11 is 0. The smallest absolute Gasteiger partial charge is 0.258 e. The highest BCUT2D eigenvalue weighted by molar-refractivity contribution is 5.99. The summed E-state index contributed by atoms with van der Waals surface area (Å²) < 4.78 is 34.7. The molecule has 2 aromatic heterocycles. The number of carbonyl (C=O) groups is 1. The molecule has 178 valence electrons. The van der Waals surface area contributed by atoms with E-state index in [1.807, 2.05) is 19.0 Å². The first-order valence-corrected chi connectivity index (χ1v) is 11.1. The van der Waals surface area contributed by atoms with E-state index in [0.29, 0.717) is 43.0 Å². The highest BCUT2D eigenvalue weighted by Crippen LogP contribution is 2.27. The Morgan fingerprint density at radius 3 is 2.76 bits per heavy atom. The van der Waals surface area contributed by atoms with Crippen molar-refractivity contribution in [1.82, 2.24) is 20.2 Å². The number of ether oxygens (including phenoxy) is 1. The van der Waals surface area contributed by atoms with Gasteiger partial charge >= 0.3 is 0 Å². The second-order valence-electron chi connectivity index (χ2n) is 8.18. The summed E-state index contributed by atoms with van der Waals surface area (Å²) in [5.74, 6) is -0.298. The van der Waals surface area contributed by atoms with Crippen LogP contribution in [0.5, 0.6) is 5.75 Å². The molecule has 0 aliphatic carbocycles. The van der Waals surface area contributed by atoms with Crippen LogP contribution in [0.3, 0.4) is 0 Å². The summed E-state index contributed by atoms with van der Waals surface area (Å²) in [4.78, 5) is 25.1. The zero-order chi connectivity index (χ0) is 24.1. The molecule has 0 saturated carbocycles. The van der Waals surface area contributed by atoms with E-state index < -0.39 is 11.9 Å². The van der Waals surface area contributed by atoms with Crippen molar-refractivity contribution in [2.24, 2.45) is 0 Å². The van der Waals surface area contributed by atoms with Gasteiger partial charge in [0.2, 0.25) is 0 Å². The number of nitrogens with zero attached hydrogens (tertiary/aromatic N) is 4. The molecule has 7 nitrogen and oxygen atoms in total. The van der Waals surface area contributed by atoms with Gasteiger partial charge in [-0.1, -0.05) is 12.1 Å². The third-order valence-corrected chi connectivity index (χ3v) is 5.76. The van der Waals surface area contributed by atoms with Gasteiger partial charge in [-0.15, -0.1) is 0 Å². The molecule has 0 bridgehead atoms. The predicted octanol–water partition coefficient (Wildman–Crippen LogP) is 3.58. The van der Waals surface area contributed by atoms with Crippen molar-refractivity contribution in [3.63, 3.8) is 0 Å². The quantitative estimate of drug-likeness (QED) is 0.546. The van der Waals surface area contributed by atoms with Crippen LogP contribution in [0.2, 0.25) is 0 Å². The molecule has 1 atom stereocenters. The highest BCUT2D eigenvalue weighted by Gasteiger charge is 2.27. The van der Waals surface area contributed by atoms with Crippen LogP contribution in [-0.2, 0) is 6.54 Å². The molecule has 9 heteroatoms. The van der Waals surface area contributed by atoms with Crippen molar-refractivity contribution in [3.8, 4) is 5.75 Å². The molecule has 1 amide bonds. The third-order valence-electron chi connectivity index (χ3n) is 5.76. The molecular formula is C25H27F2N5O2. The monoisotopic (exact) mass is 467 g/mol. The Hall–Kier alpha value is -3.59. The molecular weight excluding hydrogens is 440 g/mol. The maximum absolute atomic E-state index is 15.0. The average Bonchev–Trinajstić information content (AvgIpc) is 2.95. The minimum absolute atomic E-state index is 0.0280. The first kappa shape index (κ1) is 23.6. The van der Waals surface area contributed by atoms with Crippen LogP contribution >= 0.6 is 0 Å². The Balaban J connectivity index is 1.51. The van der Waals surface area contributed by atoms with Gasteiger partial charge in [-0.05, 0) is 43.4 Å². The van der Waals surface area contributed by atoms with Gasteiger partial charge in [-0.25, -0.2) is 13.8 Å². The maximum atomic E-state index is 15.0. The molecule has 34 heavy (non-hydrogen) atoms. The average molecular weight is 468 g/mol. The van der Waals surface area contributed by atoms with E-state index in [1.54, 1.807) is 35.4 Å². The minimum Gasteiger partial charge on any atom is -0.484 e. The molecule has 3 aromatic rings. The molecule has 1 aliphatic heterocycles. The molecule has 0 saturated heterocycles. The number of nitrogens with one attached hydrogen (secondary N) is 1. The lowest BCUT2D eigenvalue weighted by atomic mass is 10.1. The van der Waals surface area contributed by atoms with Crippen molar-refractivity contribution in [3.05, 3.63) is 83.3 Å². The van der Waals surface area contributed by atoms with Gasteiger partial charge in [-0.2, -0.15) is 0 Å². The number of carbonyl (C=O) groups excluding carboxylic acids is 1. The van der Waals surface area contributed by atoms with Gasteiger partial charge in [-0.3, -0.25) is 9.78 Å². The molecule has 0 unspecified atom stereocenters. The maximum Gasteiger partial charge on any atom is 0.258 e. The number of aromatic nitrogens is 2. The van der Waals surface area contributed by atoms with Gasteiger partial charge in [0.05, 0.1) is 24.0 Å². The first-order valence-electron chi connectivity index (χ1n) is 11.1. The third kappa shape index (κ3) is 5.31. The van der Waals surface area contributed by atoms with Crippen molar-refractivity contribution in [1.29, 1.82) is 0 Å². The predicted molar refractivity (Wildman–Crippen MR) is 125 cm³/mol. The fourth-order valence-corrected chi connectivity index (χ4v) is 3.92. The Kier molecular flexibility index (Phi) is 7.32. The van der Waals surface area contributed by atoms with E-state index in [-0.39, 0.29) is 29.7 Å². The van der Waals surface area contributed by atoms with Crippen LogP contribution in [0.15, 0.2) is 54.9 Å². The Morgan fingerprint density at radius 1 is 1.15 bits per heavy atom. The van der Waals surface area contributed by atoms with E-state index >= 15 is 0 Å². The summed E-state index contributed by atoms with van der Waals surface area (Å²) in [5, 5.41) is 3.04. The molecule has 0 fully saturated rings.